The van der Waals surface area contributed by atoms with Gasteiger partial charge in [-0.1, -0.05) is 29.8 Å². The van der Waals surface area contributed by atoms with Crippen molar-refractivity contribution >= 4 is 40.1 Å². The van der Waals surface area contributed by atoms with E-state index in [2.05, 4.69) is 10.3 Å². The van der Waals surface area contributed by atoms with E-state index in [1.54, 1.807) is 31.2 Å². The van der Waals surface area contributed by atoms with E-state index in [1.165, 1.54) is 14.0 Å². The molecule has 0 aliphatic heterocycles. The summed E-state index contributed by atoms with van der Waals surface area (Å²) in [4.78, 5) is 29.7. The first-order valence-corrected chi connectivity index (χ1v) is 9.40. The lowest BCUT2D eigenvalue weighted by molar-refractivity contribution is -0.123. The fourth-order valence-corrected chi connectivity index (χ4v) is 3.07. The Morgan fingerprint density at radius 2 is 1.86 bits per heavy atom. The fourth-order valence-electron chi connectivity index (χ4n) is 2.92. The van der Waals surface area contributed by atoms with Crippen LogP contribution in [0.25, 0.3) is 10.9 Å². The zero-order chi connectivity index (χ0) is 21.1. The highest BCUT2D eigenvalue weighted by molar-refractivity contribution is 6.31. The van der Waals surface area contributed by atoms with E-state index in [1.807, 2.05) is 25.1 Å². The van der Waals surface area contributed by atoms with E-state index in [4.69, 9.17) is 21.1 Å². The third kappa shape index (κ3) is 4.49. The van der Waals surface area contributed by atoms with Gasteiger partial charge in [-0.2, -0.15) is 0 Å². The van der Waals surface area contributed by atoms with Crippen molar-refractivity contribution in [2.45, 2.75) is 26.9 Å². The van der Waals surface area contributed by atoms with E-state index in [0.717, 1.165) is 5.56 Å². The van der Waals surface area contributed by atoms with Gasteiger partial charge in [0.25, 0.3) is 5.91 Å². The highest BCUT2D eigenvalue weighted by Gasteiger charge is 2.22. The molecule has 0 aliphatic rings. The summed E-state index contributed by atoms with van der Waals surface area (Å²) in [6, 6.07) is 12.3. The van der Waals surface area contributed by atoms with Gasteiger partial charge in [-0.3, -0.25) is 9.78 Å². The smallest absolute Gasteiger partial charge is 0.339 e. The number of hydrogen-bond donors (Lipinski definition) is 1. The van der Waals surface area contributed by atoms with Crippen LogP contribution in [0, 0.1) is 13.8 Å². The lowest BCUT2D eigenvalue weighted by atomic mass is 10.1. The number of pyridine rings is 1. The summed E-state index contributed by atoms with van der Waals surface area (Å²) in [6.45, 7) is 5.13. The number of ether oxygens (including phenoxy) is 2. The predicted molar refractivity (Wildman–Crippen MR) is 113 cm³/mol. The summed E-state index contributed by atoms with van der Waals surface area (Å²) < 4.78 is 10.7. The van der Waals surface area contributed by atoms with Crippen LogP contribution in [0.1, 0.15) is 28.5 Å². The van der Waals surface area contributed by atoms with Crippen molar-refractivity contribution in [3.63, 3.8) is 0 Å². The quantitative estimate of drug-likeness (QED) is 0.614. The van der Waals surface area contributed by atoms with E-state index in [0.29, 0.717) is 38.6 Å². The number of aromatic nitrogens is 1. The van der Waals surface area contributed by atoms with Gasteiger partial charge in [-0.25, -0.2) is 4.79 Å². The molecule has 150 valence electrons. The second-order valence-electron chi connectivity index (χ2n) is 6.67. The SMILES string of the molecule is COc1cc(Cl)c(C)cc1NC(=O)[C@@H](C)OC(=O)c1cc(C)nc2ccccc12. The summed E-state index contributed by atoms with van der Waals surface area (Å²) in [5.41, 5.74) is 2.98. The molecule has 1 amide bonds. The molecule has 1 heterocycles. The Bertz CT molecular complexity index is 1100. The maximum Gasteiger partial charge on any atom is 0.339 e. The maximum absolute atomic E-state index is 12.7. The molecule has 1 aromatic heterocycles. The van der Waals surface area contributed by atoms with Gasteiger partial charge in [0.1, 0.15) is 5.75 Å². The standard InChI is InChI=1S/C22H21ClN2O4/c1-12-9-19(20(28-4)11-17(12)23)25-21(26)14(3)29-22(27)16-10-13(2)24-18-8-6-5-7-15(16)18/h5-11,14H,1-4H3,(H,25,26)/t14-/m1/s1. The summed E-state index contributed by atoms with van der Waals surface area (Å²) in [5, 5.41) is 3.92. The van der Waals surface area contributed by atoms with Crippen molar-refractivity contribution in [1.29, 1.82) is 0 Å². The third-order valence-corrected chi connectivity index (χ3v) is 4.86. The molecule has 0 saturated heterocycles. The topological polar surface area (TPSA) is 77.5 Å². The number of hydrogen-bond acceptors (Lipinski definition) is 5. The number of para-hydroxylation sites is 1. The molecule has 7 heteroatoms. The van der Waals surface area contributed by atoms with Gasteiger partial charge >= 0.3 is 5.97 Å². The Hall–Kier alpha value is -3.12. The molecule has 3 rings (SSSR count). The van der Waals surface area contributed by atoms with Crippen LogP contribution < -0.4 is 10.1 Å². The van der Waals surface area contributed by atoms with Gasteiger partial charge < -0.3 is 14.8 Å². The summed E-state index contributed by atoms with van der Waals surface area (Å²) in [5.74, 6) is -0.648. The minimum absolute atomic E-state index is 0.368. The first-order valence-electron chi connectivity index (χ1n) is 9.02. The van der Waals surface area contributed by atoms with Crippen molar-refractivity contribution in [3.05, 3.63) is 64.3 Å². The molecule has 0 radical (unpaired) electrons. The molecule has 1 N–H and O–H groups in total. The van der Waals surface area contributed by atoms with Gasteiger partial charge in [0.2, 0.25) is 0 Å². The van der Waals surface area contributed by atoms with Gasteiger partial charge in [-0.15, -0.1) is 0 Å². The monoisotopic (exact) mass is 412 g/mol. The highest BCUT2D eigenvalue weighted by Crippen LogP contribution is 2.31. The molecule has 0 spiro atoms. The lowest BCUT2D eigenvalue weighted by Crippen LogP contribution is -2.30. The van der Waals surface area contributed by atoms with Gasteiger partial charge in [0, 0.05) is 22.2 Å². The number of nitrogens with one attached hydrogen (secondary N) is 1. The van der Waals surface area contributed by atoms with Crippen LogP contribution in [0.5, 0.6) is 5.75 Å². The predicted octanol–water partition coefficient (Wildman–Crippen LogP) is 4.70. The number of carbonyl (C=O) groups is 2. The Balaban J connectivity index is 1.79. The van der Waals surface area contributed by atoms with Crippen LogP contribution >= 0.6 is 11.6 Å². The number of benzene rings is 2. The molecular formula is C22H21ClN2O4. The van der Waals surface area contributed by atoms with Gasteiger partial charge in [-0.05, 0) is 44.5 Å². The summed E-state index contributed by atoms with van der Waals surface area (Å²) in [7, 11) is 1.48. The average molecular weight is 413 g/mol. The Morgan fingerprint density at radius 1 is 1.14 bits per heavy atom. The zero-order valence-corrected chi connectivity index (χ0v) is 17.3. The van der Waals surface area contributed by atoms with Crippen molar-refractivity contribution in [3.8, 4) is 5.75 Å². The fraction of sp³-hybridized carbons (Fsp3) is 0.227. The number of carbonyl (C=O) groups excluding carboxylic acids is 2. The number of aryl methyl sites for hydroxylation is 2. The molecule has 1 atom stereocenters. The van der Waals surface area contributed by atoms with Crippen LogP contribution in [-0.2, 0) is 9.53 Å². The van der Waals surface area contributed by atoms with Crippen LogP contribution in [-0.4, -0.2) is 30.1 Å². The number of methoxy groups -OCH3 is 1. The van der Waals surface area contributed by atoms with Crippen LogP contribution in [0.3, 0.4) is 0 Å². The maximum atomic E-state index is 12.7. The first-order chi connectivity index (χ1) is 13.8. The molecule has 3 aromatic rings. The minimum atomic E-state index is -1.02. The normalized spacial score (nSPS) is 11.8. The molecule has 0 aliphatic carbocycles. The number of amides is 1. The van der Waals surface area contributed by atoms with Crippen molar-refractivity contribution < 1.29 is 19.1 Å². The molecular weight excluding hydrogens is 392 g/mol. The first kappa shape index (κ1) is 20.6. The number of nitrogens with zero attached hydrogens (tertiary/aromatic N) is 1. The molecule has 2 aromatic carbocycles. The van der Waals surface area contributed by atoms with Gasteiger partial charge in [0.05, 0.1) is 23.9 Å². The molecule has 29 heavy (non-hydrogen) atoms. The van der Waals surface area contributed by atoms with E-state index in [-0.39, 0.29) is 0 Å². The number of anilines is 1. The van der Waals surface area contributed by atoms with Crippen LogP contribution in [0.15, 0.2) is 42.5 Å². The van der Waals surface area contributed by atoms with Crippen molar-refractivity contribution in [2.24, 2.45) is 0 Å². The Kier molecular flexibility index (Phi) is 6.03. The third-order valence-electron chi connectivity index (χ3n) is 4.46. The summed E-state index contributed by atoms with van der Waals surface area (Å²) >= 11 is 6.09. The van der Waals surface area contributed by atoms with Gasteiger partial charge in [0.15, 0.2) is 6.10 Å². The summed E-state index contributed by atoms with van der Waals surface area (Å²) in [6.07, 6.45) is -1.02. The Labute approximate surface area is 173 Å². The molecule has 0 bridgehead atoms. The number of halogens is 1. The number of rotatable bonds is 5. The largest absolute Gasteiger partial charge is 0.495 e. The average Bonchev–Trinajstić information content (AvgIpc) is 2.69. The Morgan fingerprint density at radius 3 is 2.59 bits per heavy atom. The van der Waals surface area contributed by atoms with E-state index in [9.17, 15) is 9.59 Å². The minimum Gasteiger partial charge on any atom is -0.495 e. The van der Waals surface area contributed by atoms with E-state index >= 15 is 0 Å². The lowest BCUT2D eigenvalue weighted by Gasteiger charge is -2.16. The highest BCUT2D eigenvalue weighted by atomic mass is 35.5. The number of fused-ring (bicyclic) bond motifs is 1. The zero-order valence-electron chi connectivity index (χ0n) is 16.6. The van der Waals surface area contributed by atoms with Crippen LogP contribution in [0.4, 0.5) is 5.69 Å². The second kappa shape index (κ2) is 8.49. The second-order valence-corrected chi connectivity index (χ2v) is 7.07. The van der Waals surface area contributed by atoms with Crippen molar-refractivity contribution in [2.75, 3.05) is 12.4 Å². The molecule has 6 nitrogen and oxygen atoms in total. The molecule has 0 saturated carbocycles. The van der Waals surface area contributed by atoms with Crippen LogP contribution in [0.2, 0.25) is 5.02 Å². The number of esters is 1. The van der Waals surface area contributed by atoms with Crippen molar-refractivity contribution in [1.82, 2.24) is 4.98 Å². The molecule has 0 unspecified atom stereocenters. The molecule has 0 fully saturated rings. The van der Waals surface area contributed by atoms with E-state index < -0.39 is 18.0 Å².